The molecule has 0 radical (unpaired) electrons. The quantitative estimate of drug-likeness (QED) is 0.121. The molecule has 0 heterocycles. The third-order valence-corrected chi connectivity index (χ3v) is 5.17. The van der Waals surface area contributed by atoms with E-state index in [1.54, 1.807) is 0 Å². The van der Waals surface area contributed by atoms with Gasteiger partial charge in [-0.2, -0.15) is 12.6 Å². The molecule has 0 saturated heterocycles. The number of hydrogen-bond acceptors (Lipinski definition) is 7. The summed E-state index contributed by atoms with van der Waals surface area (Å²) in [5, 5.41) is 17.3. The van der Waals surface area contributed by atoms with Gasteiger partial charge in [-0.25, -0.2) is 4.79 Å². The molecule has 0 spiro atoms. The molecule has 0 aliphatic carbocycles. The highest BCUT2D eigenvalue weighted by Crippen LogP contribution is 2.10. The van der Waals surface area contributed by atoms with Crippen LogP contribution in [0.25, 0.3) is 0 Å². The number of carboxylic acids is 1. The van der Waals surface area contributed by atoms with Crippen LogP contribution in [-0.2, 0) is 19.2 Å². The molecule has 10 nitrogen and oxygen atoms in total. The zero-order valence-corrected chi connectivity index (χ0v) is 20.5. The summed E-state index contributed by atoms with van der Waals surface area (Å²) in [5.74, 6) is -2.50. The van der Waals surface area contributed by atoms with Gasteiger partial charge in [0.1, 0.15) is 18.1 Å². The molecule has 0 aromatic heterocycles. The highest BCUT2D eigenvalue weighted by atomic mass is 32.1. The number of nitrogens with one attached hydrogen (secondary N) is 3. The van der Waals surface area contributed by atoms with Gasteiger partial charge in [0.25, 0.3) is 0 Å². The second kappa shape index (κ2) is 15.9. The predicted octanol–water partition coefficient (Wildman–Crippen LogP) is 0.00370. The summed E-state index contributed by atoms with van der Waals surface area (Å²) in [6.45, 7) is 7.95. The average Bonchev–Trinajstić information content (AvgIpc) is 2.70. The van der Waals surface area contributed by atoms with Crippen LogP contribution < -0.4 is 27.4 Å². The van der Waals surface area contributed by atoms with E-state index in [0.717, 1.165) is 0 Å². The predicted molar refractivity (Wildman–Crippen MR) is 127 cm³/mol. The van der Waals surface area contributed by atoms with Crippen molar-refractivity contribution in [2.75, 3.05) is 12.3 Å². The zero-order chi connectivity index (χ0) is 24.8. The minimum absolute atomic E-state index is 0.0577. The summed E-state index contributed by atoms with van der Waals surface area (Å²) in [7, 11) is 0. The molecular weight excluding hydrogens is 434 g/mol. The summed E-state index contributed by atoms with van der Waals surface area (Å²) in [6.07, 6.45) is 2.17. The highest BCUT2D eigenvalue weighted by molar-refractivity contribution is 7.80. The number of nitrogens with two attached hydrogens (primary N) is 2. The fourth-order valence-corrected chi connectivity index (χ4v) is 3.23. The Balaban J connectivity index is 5.44. The summed E-state index contributed by atoms with van der Waals surface area (Å²) < 4.78 is 0. The van der Waals surface area contributed by atoms with Crippen molar-refractivity contribution in [3.63, 3.8) is 0 Å². The number of rotatable bonds is 16. The standard InChI is InChI=1S/C21H41N5O5S/c1-12(2)9-16(20(29)26-17(21(30)31)10-13(3)4)25-19(28)15(7-5-6-8-22)24-18(27)14(23)11-32/h12-17,32H,5-11,22-23H2,1-4H3,(H,24,27)(H,25,28)(H,26,29)(H,30,31). The van der Waals surface area contributed by atoms with Crippen molar-refractivity contribution in [2.24, 2.45) is 23.3 Å². The van der Waals surface area contributed by atoms with Crippen molar-refractivity contribution < 1.29 is 24.3 Å². The Bertz CT molecular complexity index is 617. The fraction of sp³-hybridized carbons (Fsp3) is 0.810. The van der Waals surface area contributed by atoms with E-state index in [-0.39, 0.29) is 24.0 Å². The van der Waals surface area contributed by atoms with E-state index in [0.29, 0.717) is 32.2 Å². The van der Waals surface area contributed by atoms with Crippen LogP contribution in [0.1, 0.15) is 59.8 Å². The first-order valence-corrected chi connectivity index (χ1v) is 11.8. The molecule has 0 saturated carbocycles. The maximum atomic E-state index is 13.0. The Labute approximate surface area is 196 Å². The van der Waals surface area contributed by atoms with E-state index in [1.165, 1.54) is 0 Å². The summed E-state index contributed by atoms with van der Waals surface area (Å²) in [4.78, 5) is 49.5. The third kappa shape index (κ3) is 12.3. The lowest BCUT2D eigenvalue weighted by Crippen LogP contribution is -2.57. The van der Waals surface area contributed by atoms with Gasteiger partial charge in [0.15, 0.2) is 0 Å². The number of carbonyl (C=O) groups excluding carboxylic acids is 3. The molecular formula is C21H41N5O5S. The molecule has 0 rings (SSSR count). The van der Waals surface area contributed by atoms with Gasteiger partial charge in [0, 0.05) is 5.75 Å². The van der Waals surface area contributed by atoms with Gasteiger partial charge in [-0.1, -0.05) is 27.7 Å². The van der Waals surface area contributed by atoms with Gasteiger partial charge in [-0.3, -0.25) is 14.4 Å². The van der Waals surface area contributed by atoms with Crippen LogP contribution in [-0.4, -0.2) is 65.3 Å². The number of amides is 3. The highest BCUT2D eigenvalue weighted by Gasteiger charge is 2.30. The third-order valence-electron chi connectivity index (χ3n) is 4.78. The van der Waals surface area contributed by atoms with Crippen LogP contribution in [0.2, 0.25) is 0 Å². The van der Waals surface area contributed by atoms with Gasteiger partial charge in [-0.15, -0.1) is 0 Å². The average molecular weight is 476 g/mol. The fourth-order valence-electron chi connectivity index (χ4n) is 3.06. The molecule has 186 valence electrons. The second-order valence-corrected chi connectivity index (χ2v) is 9.22. The van der Waals surface area contributed by atoms with Crippen molar-refractivity contribution in [1.82, 2.24) is 16.0 Å². The zero-order valence-electron chi connectivity index (χ0n) is 19.6. The van der Waals surface area contributed by atoms with E-state index >= 15 is 0 Å². The van der Waals surface area contributed by atoms with Gasteiger partial charge >= 0.3 is 5.97 Å². The molecule has 0 aliphatic rings. The monoisotopic (exact) mass is 475 g/mol. The maximum absolute atomic E-state index is 13.0. The maximum Gasteiger partial charge on any atom is 0.326 e. The molecule has 0 aliphatic heterocycles. The SMILES string of the molecule is CC(C)CC(NC(=O)C(CC(C)C)NC(=O)C(CCCCN)NC(=O)C(N)CS)C(=O)O. The van der Waals surface area contributed by atoms with E-state index < -0.39 is 47.9 Å². The van der Waals surface area contributed by atoms with Crippen LogP contribution in [0.4, 0.5) is 0 Å². The van der Waals surface area contributed by atoms with Crippen LogP contribution in [0.5, 0.6) is 0 Å². The summed E-state index contributed by atoms with van der Waals surface area (Å²) >= 11 is 4.00. The van der Waals surface area contributed by atoms with Crippen molar-refractivity contribution in [3.05, 3.63) is 0 Å². The molecule has 4 unspecified atom stereocenters. The summed E-state index contributed by atoms with van der Waals surface area (Å²) in [6, 6.07) is -3.76. The lowest BCUT2D eigenvalue weighted by atomic mass is 10.00. The molecule has 32 heavy (non-hydrogen) atoms. The number of thiol groups is 1. The molecule has 0 bridgehead atoms. The van der Waals surface area contributed by atoms with Crippen LogP contribution in [0.15, 0.2) is 0 Å². The number of unbranched alkanes of at least 4 members (excludes halogenated alkanes) is 1. The molecule has 3 amide bonds. The van der Waals surface area contributed by atoms with E-state index in [9.17, 15) is 24.3 Å². The van der Waals surface area contributed by atoms with Gasteiger partial charge < -0.3 is 32.5 Å². The lowest BCUT2D eigenvalue weighted by Gasteiger charge is -2.26. The first-order chi connectivity index (χ1) is 14.9. The second-order valence-electron chi connectivity index (χ2n) is 8.85. The molecule has 0 aromatic carbocycles. The molecule has 0 aromatic rings. The number of carboxylic acid groups (broad SMARTS) is 1. The first-order valence-electron chi connectivity index (χ1n) is 11.1. The minimum Gasteiger partial charge on any atom is -0.480 e. The molecule has 8 N–H and O–H groups in total. The Hall–Kier alpha value is -1.85. The Kier molecular flexibility index (Phi) is 15.0. The van der Waals surface area contributed by atoms with Gasteiger partial charge in [-0.05, 0) is 50.5 Å². The van der Waals surface area contributed by atoms with E-state index in [4.69, 9.17) is 11.5 Å². The number of carbonyl (C=O) groups is 4. The first kappa shape index (κ1) is 30.1. The number of aliphatic carboxylic acids is 1. The van der Waals surface area contributed by atoms with Crippen LogP contribution >= 0.6 is 12.6 Å². The van der Waals surface area contributed by atoms with E-state index in [1.807, 2.05) is 27.7 Å². The molecule has 4 atom stereocenters. The Morgan fingerprint density at radius 1 is 0.812 bits per heavy atom. The van der Waals surface area contributed by atoms with Crippen molar-refractivity contribution in [1.29, 1.82) is 0 Å². The van der Waals surface area contributed by atoms with Crippen molar-refractivity contribution in [3.8, 4) is 0 Å². The van der Waals surface area contributed by atoms with Crippen molar-refractivity contribution in [2.45, 2.75) is 84.0 Å². The van der Waals surface area contributed by atoms with Crippen LogP contribution in [0.3, 0.4) is 0 Å². The smallest absolute Gasteiger partial charge is 0.326 e. The topological polar surface area (TPSA) is 177 Å². The minimum atomic E-state index is -1.13. The number of hydrogen-bond donors (Lipinski definition) is 7. The van der Waals surface area contributed by atoms with Gasteiger partial charge in [0.05, 0.1) is 6.04 Å². The van der Waals surface area contributed by atoms with Crippen LogP contribution in [0, 0.1) is 11.8 Å². The lowest BCUT2D eigenvalue weighted by molar-refractivity contribution is -0.143. The Morgan fingerprint density at radius 3 is 1.75 bits per heavy atom. The van der Waals surface area contributed by atoms with Crippen molar-refractivity contribution >= 4 is 36.3 Å². The normalized spacial score (nSPS) is 15.0. The molecule has 0 fully saturated rings. The largest absolute Gasteiger partial charge is 0.480 e. The molecule has 11 heteroatoms. The van der Waals surface area contributed by atoms with Gasteiger partial charge in [0.2, 0.25) is 17.7 Å². The van der Waals surface area contributed by atoms with E-state index in [2.05, 4.69) is 28.6 Å². The summed E-state index contributed by atoms with van der Waals surface area (Å²) in [5.41, 5.74) is 11.2. The Morgan fingerprint density at radius 2 is 1.28 bits per heavy atom.